The predicted molar refractivity (Wildman–Crippen MR) is 245 cm³/mol. The van der Waals surface area contributed by atoms with E-state index in [4.69, 9.17) is 9.97 Å². The summed E-state index contributed by atoms with van der Waals surface area (Å²) in [4.78, 5) is 12.9. The number of benzene rings is 6. The monoisotopic (exact) mass is 747 g/mol. The quantitative estimate of drug-likeness (QED) is 0.117. The molecule has 8 rings (SSSR count). The number of hydrogen-bond acceptors (Lipinski definition) is 3. The number of hydrogen-bond donors (Lipinski definition) is 0. The molecule has 0 unspecified atom stereocenters. The summed E-state index contributed by atoms with van der Waals surface area (Å²) >= 11 is 0. The van der Waals surface area contributed by atoms with E-state index in [0.717, 1.165) is 69.1 Å². The number of aromatic nitrogens is 2. The highest BCUT2D eigenvalue weighted by Gasteiger charge is 2.21. The first-order chi connectivity index (χ1) is 28.7. The minimum absolute atomic E-state index is 0.673. The number of allylic oxidation sites excluding steroid dienone is 10. The Balaban J connectivity index is 1.32. The molecule has 0 saturated carbocycles. The number of nitrogens with zero attached hydrogens (tertiary/aromatic N) is 3. The minimum atomic E-state index is 0.673. The van der Waals surface area contributed by atoms with Gasteiger partial charge in [0.05, 0.1) is 17.1 Å². The van der Waals surface area contributed by atoms with Gasteiger partial charge < -0.3 is 4.90 Å². The summed E-state index contributed by atoms with van der Waals surface area (Å²) in [5.74, 6) is 0.673. The second kappa shape index (κ2) is 18.1. The molecule has 3 nitrogen and oxygen atoms in total. The van der Waals surface area contributed by atoms with Crippen molar-refractivity contribution in [2.45, 2.75) is 19.8 Å². The second-order valence-corrected chi connectivity index (χ2v) is 14.2. The SMILES string of the molecule is C=C/C=C(\C=C/C)C1=CCC=C(N(c2ccc(-c3ccccc3)cc2)c2cc(-c3nc(-c4ccccc4)cc(-c4ccccc4)n3)ccc2Cc2ccccc2)C=C1. The van der Waals surface area contributed by atoms with Crippen molar-refractivity contribution in [3.05, 3.63) is 253 Å². The highest BCUT2D eigenvalue weighted by atomic mass is 15.1. The highest BCUT2D eigenvalue weighted by Crippen LogP contribution is 2.39. The largest absolute Gasteiger partial charge is 0.311 e. The van der Waals surface area contributed by atoms with E-state index in [1.807, 2.05) is 25.1 Å². The van der Waals surface area contributed by atoms with Gasteiger partial charge in [-0.1, -0.05) is 195 Å². The van der Waals surface area contributed by atoms with E-state index in [-0.39, 0.29) is 0 Å². The van der Waals surface area contributed by atoms with Crippen molar-refractivity contribution in [3.8, 4) is 45.0 Å². The van der Waals surface area contributed by atoms with Gasteiger partial charge in [0.25, 0.3) is 0 Å². The molecule has 0 fully saturated rings. The van der Waals surface area contributed by atoms with Crippen LogP contribution in [0, 0.1) is 0 Å². The van der Waals surface area contributed by atoms with Gasteiger partial charge in [0.2, 0.25) is 0 Å². The van der Waals surface area contributed by atoms with E-state index in [1.54, 1.807) is 0 Å². The zero-order valence-corrected chi connectivity index (χ0v) is 32.7. The lowest BCUT2D eigenvalue weighted by Crippen LogP contribution is -2.17. The third-order valence-electron chi connectivity index (χ3n) is 10.3. The van der Waals surface area contributed by atoms with E-state index < -0.39 is 0 Å². The normalized spacial score (nSPS) is 12.8. The molecule has 58 heavy (non-hydrogen) atoms. The van der Waals surface area contributed by atoms with Gasteiger partial charge in [0, 0.05) is 28.1 Å². The first-order valence-corrected chi connectivity index (χ1v) is 19.8. The van der Waals surface area contributed by atoms with Crippen LogP contribution in [0.5, 0.6) is 0 Å². The van der Waals surface area contributed by atoms with Crippen LogP contribution in [0.3, 0.4) is 0 Å². The van der Waals surface area contributed by atoms with E-state index in [0.29, 0.717) is 5.82 Å². The molecule has 7 aromatic rings. The first-order valence-electron chi connectivity index (χ1n) is 19.8. The van der Waals surface area contributed by atoms with Crippen LogP contribution in [-0.4, -0.2) is 9.97 Å². The minimum Gasteiger partial charge on any atom is -0.311 e. The Morgan fingerprint density at radius 1 is 0.603 bits per heavy atom. The Morgan fingerprint density at radius 2 is 1.17 bits per heavy atom. The van der Waals surface area contributed by atoms with Gasteiger partial charge in [0.1, 0.15) is 0 Å². The maximum absolute atomic E-state index is 5.24. The van der Waals surface area contributed by atoms with Gasteiger partial charge in [0.15, 0.2) is 5.82 Å². The lowest BCUT2D eigenvalue weighted by molar-refractivity contribution is 1.11. The Hall–Kier alpha value is -7.36. The topological polar surface area (TPSA) is 29.0 Å². The van der Waals surface area contributed by atoms with Crippen molar-refractivity contribution in [1.29, 1.82) is 0 Å². The summed E-state index contributed by atoms with van der Waals surface area (Å²) < 4.78 is 0. The van der Waals surface area contributed by atoms with Crippen LogP contribution < -0.4 is 4.90 Å². The molecule has 0 N–H and O–H groups in total. The molecule has 0 atom stereocenters. The first kappa shape index (κ1) is 37.6. The molecule has 1 aromatic heterocycles. The average Bonchev–Trinajstić information content (AvgIpc) is 3.54. The van der Waals surface area contributed by atoms with Crippen LogP contribution in [-0.2, 0) is 6.42 Å². The Kier molecular flexibility index (Phi) is 11.7. The van der Waals surface area contributed by atoms with Crippen molar-refractivity contribution in [2.24, 2.45) is 0 Å². The molecule has 1 heterocycles. The molecule has 0 radical (unpaired) electrons. The highest BCUT2D eigenvalue weighted by molar-refractivity contribution is 5.80. The molecule has 280 valence electrons. The summed E-state index contributed by atoms with van der Waals surface area (Å²) in [5, 5.41) is 0. The molecule has 0 aliphatic heterocycles. The third-order valence-corrected chi connectivity index (χ3v) is 10.3. The standard InChI is InChI=1S/C55H45N3/c1-3-18-42(19-4-2)44-28-17-29-50(35-32-44)58(51-36-33-45(34-37-51)43-22-11-6-12-23-43)54-39-49(31-30-48(54)38-41-20-9-5-10-21-41)55-56-52(46-24-13-7-14-25-46)40-53(57-55)47-26-15-8-16-27-47/h3-16,18-37,39-40H,1,17,38H2,2H3/b19-4-,42-18+. The van der Waals surface area contributed by atoms with Crippen LogP contribution >= 0.6 is 0 Å². The average molecular weight is 748 g/mol. The molecule has 0 saturated heterocycles. The fourth-order valence-corrected chi connectivity index (χ4v) is 7.38. The smallest absolute Gasteiger partial charge is 0.160 e. The zero-order valence-electron chi connectivity index (χ0n) is 32.7. The van der Waals surface area contributed by atoms with Crippen LogP contribution in [0.15, 0.2) is 242 Å². The molecular formula is C55H45N3. The molecule has 0 amide bonds. The summed E-state index contributed by atoms with van der Waals surface area (Å²) in [6.07, 6.45) is 18.7. The number of rotatable bonds is 12. The molecule has 1 aliphatic carbocycles. The Morgan fingerprint density at radius 3 is 1.78 bits per heavy atom. The predicted octanol–water partition coefficient (Wildman–Crippen LogP) is 14.3. The molecule has 6 aromatic carbocycles. The third kappa shape index (κ3) is 8.70. The van der Waals surface area contributed by atoms with Gasteiger partial charge in [-0.2, -0.15) is 0 Å². The fourth-order valence-electron chi connectivity index (χ4n) is 7.38. The van der Waals surface area contributed by atoms with Crippen LogP contribution in [0.2, 0.25) is 0 Å². The summed E-state index contributed by atoms with van der Waals surface area (Å²) in [6, 6.07) is 59.7. The van der Waals surface area contributed by atoms with Crippen LogP contribution in [0.25, 0.3) is 45.0 Å². The second-order valence-electron chi connectivity index (χ2n) is 14.2. The van der Waals surface area contributed by atoms with E-state index in [9.17, 15) is 0 Å². The van der Waals surface area contributed by atoms with Crippen molar-refractivity contribution >= 4 is 11.4 Å². The van der Waals surface area contributed by atoms with Gasteiger partial charge in [-0.15, -0.1) is 0 Å². The molecule has 1 aliphatic rings. The molecule has 0 spiro atoms. The zero-order chi connectivity index (χ0) is 39.5. The maximum atomic E-state index is 5.24. The lowest BCUT2D eigenvalue weighted by Gasteiger charge is -2.29. The molecule has 3 heteroatoms. The van der Waals surface area contributed by atoms with Crippen LogP contribution in [0.1, 0.15) is 24.5 Å². The van der Waals surface area contributed by atoms with Gasteiger partial charge in [-0.05, 0) is 83.5 Å². The van der Waals surface area contributed by atoms with Crippen molar-refractivity contribution in [2.75, 3.05) is 4.90 Å². The summed E-state index contributed by atoms with van der Waals surface area (Å²) in [7, 11) is 0. The maximum Gasteiger partial charge on any atom is 0.160 e. The fraction of sp³-hybridized carbons (Fsp3) is 0.0545. The van der Waals surface area contributed by atoms with E-state index in [2.05, 4.69) is 212 Å². The van der Waals surface area contributed by atoms with Crippen LogP contribution in [0.4, 0.5) is 11.4 Å². The Bertz CT molecular complexity index is 2590. The lowest BCUT2D eigenvalue weighted by atomic mass is 9.98. The Labute approximate surface area is 342 Å². The number of anilines is 2. The van der Waals surface area contributed by atoms with Gasteiger partial charge >= 0.3 is 0 Å². The summed E-state index contributed by atoms with van der Waals surface area (Å²) in [6.45, 7) is 6.03. The summed E-state index contributed by atoms with van der Waals surface area (Å²) in [5.41, 5.74) is 15.1. The van der Waals surface area contributed by atoms with E-state index in [1.165, 1.54) is 22.3 Å². The molecule has 0 bridgehead atoms. The van der Waals surface area contributed by atoms with Crippen molar-refractivity contribution in [1.82, 2.24) is 9.97 Å². The van der Waals surface area contributed by atoms with Gasteiger partial charge in [-0.25, -0.2) is 9.97 Å². The van der Waals surface area contributed by atoms with Gasteiger partial charge in [-0.3, -0.25) is 0 Å². The van der Waals surface area contributed by atoms with Crippen molar-refractivity contribution < 1.29 is 0 Å². The van der Waals surface area contributed by atoms with E-state index >= 15 is 0 Å². The van der Waals surface area contributed by atoms with Crippen molar-refractivity contribution in [3.63, 3.8) is 0 Å². The molecular weight excluding hydrogens is 703 g/mol.